The summed E-state index contributed by atoms with van der Waals surface area (Å²) in [5, 5.41) is 22.9. The molecule has 1 aliphatic carbocycles. The predicted molar refractivity (Wildman–Crippen MR) is 220 cm³/mol. The third-order valence-electron chi connectivity index (χ3n) is 11.9. The predicted octanol–water partition coefficient (Wildman–Crippen LogP) is 3.30. The number of hydrogen-bond donors (Lipinski definition) is 7. The van der Waals surface area contributed by atoms with Crippen LogP contribution in [0.3, 0.4) is 0 Å². The summed E-state index contributed by atoms with van der Waals surface area (Å²) in [6.07, 6.45) is 0.653. The lowest BCUT2D eigenvalue weighted by Crippen LogP contribution is -2.51. The van der Waals surface area contributed by atoms with Crippen molar-refractivity contribution in [1.29, 1.82) is 0 Å². The van der Waals surface area contributed by atoms with Gasteiger partial charge in [0.2, 0.25) is 11.8 Å². The Morgan fingerprint density at radius 3 is 2.52 bits per heavy atom. The minimum atomic E-state index is -2.02. The monoisotopic (exact) mass is 840 g/mol. The minimum Gasteiger partial charge on any atom is -0.458 e. The number of ether oxygens (including phenoxy) is 2. The second-order valence-corrected chi connectivity index (χ2v) is 16.1. The molecule has 4 heterocycles. The van der Waals surface area contributed by atoms with Gasteiger partial charge in [-0.15, -0.1) is 0 Å². The number of hydrogen-bond acceptors (Lipinski definition) is 11. The molecule has 1 unspecified atom stereocenters. The minimum absolute atomic E-state index is 0.0242. The first-order valence-corrected chi connectivity index (χ1v) is 20.3. The van der Waals surface area contributed by atoms with Crippen LogP contribution >= 0.6 is 0 Å². The molecule has 0 fully saturated rings. The van der Waals surface area contributed by atoms with E-state index in [1.807, 2.05) is 0 Å². The Kier molecular flexibility index (Phi) is 11.9. The number of esters is 1. The first kappa shape index (κ1) is 42.7. The maximum Gasteiger partial charge on any atom is 0.407 e. The van der Waals surface area contributed by atoms with Crippen LogP contribution in [-0.2, 0) is 55.6 Å². The third kappa shape index (κ3) is 8.12. The van der Waals surface area contributed by atoms with E-state index in [9.17, 15) is 33.9 Å². The van der Waals surface area contributed by atoms with E-state index in [0.717, 1.165) is 5.56 Å². The molecule has 4 aromatic rings. The van der Waals surface area contributed by atoms with Crippen molar-refractivity contribution in [2.75, 3.05) is 11.9 Å². The van der Waals surface area contributed by atoms with E-state index in [1.54, 1.807) is 58.0 Å². The molecule has 2 aromatic heterocycles. The van der Waals surface area contributed by atoms with Crippen molar-refractivity contribution < 1.29 is 42.9 Å². The number of alkyl carbamates (subject to hydrolysis) is 1. The molecule has 4 atom stereocenters. The van der Waals surface area contributed by atoms with Gasteiger partial charge in [-0.3, -0.25) is 14.4 Å². The van der Waals surface area contributed by atoms with Gasteiger partial charge in [-0.25, -0.2) is 23.8 Å². The number of anilines is 1. The van der Waals surface area contributed by atoms with Crippen molar-refractivity contribution in [2.24, 2.45) is 17.4 Å². The Bertz CT molecular complexity index is 2520. The van der Waals surface area contributed by atoms with Crippen molar-refractivity contribution in [3.63, 3.8) is 0 Å². The summed E-state index contributed by atoms with van der Waals surface area (Å²) in [6.45, 7) is 6.78. The van der Waals surface area contributed by atoms with Gasteiger partial charge in [-0.2, -0.15) is 0 Å². The summed E-state index contributed by atoms with van der Waals surface area (Å²) in [7, 11) is 0. The number of aryl methyl sites for hydroxylation is 1. The van der Waals surface area contributed by atoms with E-state index < -0.39 is 65.0 Å². The zero-order valence-electron chi connectivity index (χ0n) is 34.3. The van der Waals surface area contributed by atoms with Crippen LogP contribution in [-0.4, -0.2) is 63.2 Å². The Morgan fingerprint density at radius 1 is 1.10 bits per heavy atom. The molecule has 0 bridgehead atoms. The van der Waals surface area contributed by atoms with Crippen LogP contribution in [0.2, 0.25) is 0 Å². The van der Waals surface area contributed by atoms with Crippen molar-refractivity contribution in [1.82, 2.24) is 25.5 Å². The van der Waals surface area contributed by atoms with Gasteiger partial charge in [0.25, 0.3) is 5.56 Å². The maximum absolute atomic E-state index is 15.3. The number of aromatic nitrogens is 2. The van der Waals surface area contributed by atoms with Gasteiger partial charge in [-0.1, -0.05) is 32.9 Å². The largest absolute Gasteiger partial charge is 0.458 e. The third-order valence-corrected chi connectivity index (χ3v) is 11.9. The second kappa shape index (κ2) is 16.9. The molecule has 0 saturated heterocycles. The lowest BCUT2D eigenvalue weighted by molar-refractivity contribution is -0.172. The van der Waals surface area contributed by atoms with E-state index in [2.05, 4.69) is 21.3 Å². The summed E-state index contributed by atoms with van der Waals surface area (Å²) >= 11 is 0. The van der Waals surface area contributed by atoms with E-state index >= 15 is 4.39 Å². The molecule has 0 radical (unpaired) electrons. The fraction of sp³-hybridized carbons (Fsp3) is 0.419. The number of rotatable bonds is 13. The SMILES string of the molecule is CC[C@@]1(O)C(=O)OCc2c1cc1n(c2=O)Cc2c-1nc1cc(F)c(C)c3c1c2C(NC(=O)OCc1ccc(NC(=O)[C@H](CCCNC(N)=O)NC(=O)[C@@H](N)C(C)C)cc1)CC3. The number of pyridine rings is 2. The number of primary amides is 1. The van der Waals surface area contributed by atoms with Crippen LogP contribution < -0.4 is 38.3 Å². The zero-order valence-corrected chi connectivity index (χ0v) is 34.3. The summed E-state index contributed by atoms with van der Waals surface area (Å²) in [4.78, 5) is 82.0. The number of amides is 5. The number of fused-ring (bicyclic) bond motifs is 5. The van der Waals surface area contributed by atoms with Gasteiger partial charge in [0, 0.05) is 34.8 Å². The molecule has 3 aliphatic rings. The molecule has 17 nitrogen and oxygen atoms in total. The number of nitrogens with two attached hydrogens (primary N) is 2. The van der Waals surface area contributed by atoms with Crippen molar-refractivity contribution in [2.45, 2.75) is 103 Å². The number of nitrogens with one attached hydrogen (secondary N) is 4. The number of carbonyl (C=O) groups is 5. The van der Waals surface area contributed by atoms with E-state index in [1.165, 1.54) is 10.6 Å². The molecule has 2 aliphatic heterocycles. The Balaban J connectivity index is 1.07. The normalized spacial score (nSPS) is 18.3. The number of benzene rings is 2. The highest BCUT2D eigenvalue weighted by molar-refractivity contribution is 5.98. The molecule has 18 heteroatoms. The number of urea groups is 1. The maximum atomic E-state index is 15.3. The first-order valence-electron chi connectivity index (χ1n) is 20.3. The van der Waals surface area contributed by atoms with Crippen LogP contribution in [0, 0.1) is 18.7 Å². The van der Waals surface area contributed by atoms with E-state index in [4.69, 9.17) is 25.9 Å². The highest BCUT2D eigenvalue weighted by Crippen LogP contribution is 2.46. The molecular weight excluding hydrogens is 792 g/mol. The molecule has 61 heavy (non-hydrogen) atoms. The lowest BCUT2D eigenvalue weighted by atomic mass is 9.81. The number of halogens is 1. The summed E-state index contributed by atoms with van der Waals surface area (Å²) in [5.41, 5.74) is 13.7. The Hall–Kier alpha value is -6.40. The Labute approximate surface area is 349 Å². The summed E-state index contributed by atoms with van der Waals surface area (Å²) in [6, 6.07) is 6.44. The van der Waals surface area contributed by atoms with Crippen molar-refractivity contribution in [3.8, 4) is 11.4 Å². The topological polar surface area (TPSA) is 259 Å². The lowest BCUT2D eigenvalue weighted by Gasteiger charge is -2.31. The number of cyclic esters (lactones) is 1. The Morgan fingerprint density at radius 2 is 1.84 bits per heavy atom. The van der Waals surface area contributed by atoms with Crippen molar-refractivity contribution >= 4 is 46.5 Å². The molecule has 9 N–H and O–H groups in total. The van der Waals surface area contributed by atoms with Gasteiger partial charge in [0.05, 0.1) is 41.1 Å². The zero-order chi connectivity index (χ0) is 43.9. The highest BCUT2D eigenvalue weighted by atomic mass is 19.1. The van der Waals surface area contributed by atoms with Gasteiger partial charge in [0.1, 0.15) is 25.1 Å². The van der Waals surface area contributed by atoms with Crippen LogP contribution in [0.15, 0.2) is 41.2 Å². The molecule has 7 rings (SSSR count). The molecule has 5 amide bonds. The fourth-order valence-corrected chi connectivity index (χ4v) is 8.30. The first-order chi connectivity index (χ1) is 29.0. The van der Waals surface area contributed by atoms with Gasteiger partial charge in [0.15, 0.2) is 5.60 Å². The molecular formula is C43H49FN8O9. The highest BCUT2D eigenvalue weighted by Gasteiger charge is 2.46. The quantitative estimate of drug-likeness (QED) is 0.0669. The number of aliphatic hydroxyl groups is 1. The van der Waals surface area contributed by atoms with Gasteiger partial charge >= 0.3 is 18.1 Å². The summed E-state index contributed by atoms with van der Waals surface area (Å²) in [5.74, 6) is -2.42. The summed E-state index contributed by atoms with van der Waals surface area (Å²) < 4.78 is 27.7. The van der Waals surface area contributed by atoms with Gasteiger partial charge in [-0.05, 0) is 85.4 Å². The average Bonchev–Trinajstić information content (AvgIpc) is 3.60. The number of nitrogens with zero attached hydrogens (tertiary/aromatic N) is 2. The van der Waals surface area contributed by atoms with E-state index in [0.29, 0.717) is 69.5 Å². The number of carbonyl (C=O) groups excluding carboxylic acids is 5. The van der Waals surface area contributed by atoms with Gasteiger partial charge < -0.3 is 51.9 Å². The van der Waals surface area contributed by atoms with E-state index in [-0.39, 0.29) is 56.2 Å². The fourth-order valence-electron chi connectivity index (χ4n) is 8.30. The molecule has 0 saturated carbocycles. The standard InChI is InChI=1S/C43H49FN8O9/c1-5-43(59)27-15-32-36-25(17-52(32)39(55)26(27)19-60-40(43)56)34-29(13-12-24-21(4)28(44)16-31(49-36)33(24)34)51-42(58)61-18-22-8-10-23(11-9-22)48-37(53)30(7-6-14-47-41(46)57)50-38(54)35(45)20(2)3/h8-11,15-16,20,29-30,35,59H,5-7,12-14,17-19,45H2,1-4H3,(H,48,53)(H,50,54)(H,51,58)(H3,46,47,57)/t29?,30-,35-,43-/m0/s1. The van der Waals surface area contributed by atoms with Crippen LogP contribution in [0.25, 0.3) is 22.3 Å². The molecule has 2 aromatic carbocycles. The van der Waals surface area contributed by atoms with Crippen molar-refractivity contribution in [3.05, 3.63) is 91.5 Å². The average molecular weight is 841 g/mol. The van der Waals surface area contributed by atoms with Crippen LogP contribution in [0.4, 0.5) is 19.7 Å². The molecule has 0 spiro atoms. The second-order valence-electron chi connectivity index (χ2n) is 16.1. The van der Waals surface area contributed by atoms with Crippen LogP contribution in [0.5, 0.6) is 0 Å². The smallest absolute Gasteiger partial charge is 0.407 e. The van der Waals surface area contributed by atoms with Crippen LogP contribution in [0.1, 0.15) is 91.4 Å². The molecule has 322 valence electrons.